The maximum Gasteiger partial charge on any atom is 0.394 e. The molecule has 0 rings (SSSR count). The molecule has 0 saturated carbocycles. The zero-order valence-corrected chi connectivity index (χ0v) is 10.3. The molecule has 0 aromatic rings. The van der Waals surface area contributed by atoms with E-state index in [1.54, 1.807) is 27.7 Å². The highest BCUT2D eigenvalue weighted by molar-refractivity contribution is 7.79. The lowest BCUT2D eigenvalue weighted by Gasteiger charge is -2.06. The van der Waals surface area contributed by atoms with E-state index in [0.29, 0.717) is 0 Å². The summed E-state index contributed by atoms with van der Waals surface area (Å²) in [6.45, 7) is 6.76. The second-order valence-electron chi connectivity index (χ2n) is 3.50. The summed E-state index contributed by atoms with van der Waals surface area (Å²) in [5.41, 5.74) is 0. The minimum Gasteiger partial charge on any atom is -0.393 e. The minimum atomic E-state index is -4.67. The van der Waals surface area contributed by atoms with Gasteiger partial charge in [0.05, 0.1) is 11.8 Å². The molecule has 0 aliphatic rings. The molecule has 0 amide bonds. The molecular formula is C8H16O7S. The van der Waals surface area contributed by atoms with Crippen molar-refractivity contribution in [1.29, 1.82) is 0 Å². The molecule has 0 aliphatic heterocycles. The molecule has 0 aliphatic carbocycles. The first-order chi connectivity index (χ1) is 6.95. The molecule has 16 heavy (non-hydrogen) atoms. The molecule has 0 radical (unpaired) electrons. The lowest BCUT2D eigenvalue weighted by atomic mass is 10.2. The summed E-state index contributed by atoms with van der Waals surface area (Å²) < 4.78 is 36.1. The minimum absolute atomic E-state index is 0.238. The van der Waals surface area contributed by atoms with Crippen LogP contribution in [0, 0.1) is 11.8 Å². The van der Waals surface area contributed by atoms with Gasteiger partial charge in [-0.05, 0) is 0 Å². The number of hydrogen-bond donors (Lipinski definition) is 2. The largest absolute Gasteiger partial charge is 0.394 e. The summed E-state index contributed by atoms with van der Waals surface area (Å²) in [5.74, 6) is -1.39. The van der Waals surface area contributed by atoms with Crippen molar-refractivity contribution in [2.24, 2.45) is 11.8 Å². The molecule has 0 aromatic heterocycles. The number of esters is 2. The van der Waals surface area contributed by atoms with E-state index in [4.69, 9.17) is 17.5 Å². The fourth-order valence-corrected chi connectivity index (χ4v) is 0.335. The fraction of sp³-hybridized carbons (Fsp3) is 0.750. The Morgan fingerprint density at radius 3 is 1.25 bits per heavy atom. The summed E-state index contributed by atoms with van der Waals surface area (Å²) in [4.78, 5) is 21.6. The van der Waals surface area contributed by atoms with Crippen LogP contribution in [0.15, 0.2) is 0 Å². The van der Waals surface area contributed by atoms with Crippen LogP contribution >= 0.6 is 0 Å². The summed E-state index contributed by atoms with van der Waals surface area (Å²) in [5, 5.41) is 0. The SMILES string of the molecule is CC(C)C(=O)OC(=O)C(C)C.O=S(=O)(O)O. The standard InChI is InChI=1S/C8H14O3.H2O4S/c1-5(2)7(9)11-8(10)6(3)4;1-5(2,3)4/h5-6H,1-4H3;(H2,1,2,3,4). The number of carbonyl (C=O) groups excluding carboxylic acids is 2. The Kier molecular flexibility index (Phi) is 7.95. The predicted octanol–water partition coefficient (Wildman–Crippen LogP) is 0.715. The van der Waals surface area contributed by atoms with E-state index in [-0.39, 0.29) is 11.8 Å². The van der Waals surface area contributed by atoms with Gasteiger partial charge >= 0.3 is 22.3 Å². The third-order valence-corrected chi connectivity index (χ3v) is 1.14. The molecule has 96 valence electrons. The fourth-order valence-electron chi connectivity index (χ4n) is 0.335. The Morgan fingerprint density at radius 1 is 0.938 bits per heavy atom. The molecule has 0 atom stereocenters. The summed E-state index contributed by atoms with van der Waals surface area (Å²) in [7, 11) is -4.67. The van der Waals surface area contributed by atoms with Crippen molar-refractivity contribution in [3.63, 3.8) is 0 Å². The van der Waals surface area contributed by atoms with Crippen molar-refractivity contribution in [2.75, 3.05) is 0 Å². The van der Waals surface area contributed by atoms with E-state index < -0.39 is 22.3 Å². The third kappa shape index (κ3) is 15.5. The lowest BCUT2D eigenvalue weighted by Crippen LogP contribution is -2.20. The number of hydrogen-bond acceptors (Lipinski definition) is 5. The quantitative estimate of drug-likeness (QED) is 0.424. The Bertz CT molecular complexity index is 302. The van der Waals surface area contributed by atoms with Crippen LogP contribution in [0.5, 0.6) is 0 Å². The van der Waals surface area contributed by atoms with E-state index in [0.717, 1.165) is 0 Å². The Labute approximate surface area is 94.4 Å². The average Bonchev–Trinajstić information content (AvgIpc) is 2.00. The highest BCUT2D eigenvalue weighted by Gasteiger charge is 2.16. The van der Waals surface area contributed by atoms with Gasteiger partial charge in [-0.25, -0.2) is 0 Å². The monoisotopic (exact) mass is 256 g/mol. The van der Waals surface area contributed by atoms with Crippen LogP contribution in [-0.2, 0) is 24.7 Å². The molecule has 0 unspecified atom stereocenters. The zero-order valence-electron chi connectivity index (χ0n) is 9.50. The second kappa shape index (κ2) is 7.31. The third-order valence-electron chi connectivity index (χ3n) is 1.14. The van der Waals surface area contributed by atoms with Crippen molar-refractivity contribution in [3.05, 3.63) is 0 Å². The first-order valence-corrected chi connectivity index (χ1v) is 5.80. The van der Waals surface area contributed by atoms with Gasteiger partial charge in [0, 0.05) is 0 Å². The highest BCUT2D eigenvalue weighted by atomic mass is 32.3. The molecule has 0 heterocycles. The zero-order chi connectivity index (χ0) is 13.5. The Balaban J connectivity index is 0. The Morgan fingerprint density at radius 2 is 1.12 bits per heavy atom. The van der Waals surface area contributed by atoms with E-state index in [9.17, 15) is 9.59 Å². The van der Waals surface area contributed by atoms with Gasteiger partial charge in [-0.1, -0.05) is 27.7 Å². The number of rotatable bonds is 2. The predicted molar refractivity (Wildman–Crippen MR) is 55.0 cm³/mol. The van der Waals surface area contributed by atoms with E-state index in [1.165, 1.54) is 0 Å². The van der Waals surface area contributed by atoms with Crippen molar-refractivity contribution in [3.8, 4) is 0 Å². The summed E-state index contributed by atoms with van der Waals surface area (Å²) >= 11 is 0. The average molecular weight is 256 g/mol. The van der Waals surface area contributed by atoms with Crippen LogP contribution in [-0.4, -0.2) is 29.5 Å². The van der Waals surface area contributed by atoms with Crippen LogP contribution < -0.4 is 0 Å². The molecule has 0 fully saturated rings. The second-order valence-corrected chi connectivity index (χ2v) is 4.39. The van der Waals surface area contributed by atoms with Gasteiger partial charge in [-0.2, -0.15) is 8.42 Å². The summed E-state index contributed by atoms with van der Waals surface area (Å²) in [6.07, 6.45) is 0. The van der Waals surface area contributed by atoms with E-state index in [1.807, 2.05) is 0 Å². The van der Waals surface area contributed by atoms with Gasteiger partial charge in [0.25, 0.3) is 0 Å². The maximum atomic E-state index is 10.8. The number of ether oxygens (including phenoxy) is 1. The van der Waals surface area contributed by atoms with Crippen molar-refractivity contribution >= 4 is 22.3 Å². The molecule has 0 spiro atoms. The van der Waals surface area contributed by atoms with Crippen LogP contribution in [0.2, 0.25) is 0 Å². The molecule has 0 aromatic carbocycles. The maximum absolute atomic E-state index is 10.8. The van der Waals surface area contributed by atoms with Crippen LogP contribution in [0.25, 0.3) is 0 Å². The first-order valence-electron chi connectivity index (χ1n) is 4.40. The van der Waals surface area contributed by atoms with Gasteiger partial charge in [0.1, 0.15) is 0 Å². The molecular weight excluding hydrogens is 240 g/mol. The van der Waals surface area contributed by atoms with Gasteiger partial charge in [0.15, 0.2) is 0 Å². The van der Waals surface area contributed by atoms with Crippen molar-refractivity contribution in [2.45, 2.75) is 27.7 Å². The molecule has 2 N–H and O–H groups in total. The van der Waals surface area contributed by atoms with Crippen LogP contribution in [0.3, 0.4) is 0 Å². The highest BCUT2D eigenvalue weighted by Crippen LogP contribution is 2.01. The van der Waals surface area contributed by atoms with E-state index in [2.05, 4.69) is 4.74 Å². The van der Waals surface area contributed by atoms with Crippen molar-refractivity contribution in [1.82, 2.24) is 0 Å². The number of carbonyl (C=O) groups is 2. The van der Waals surface area contributed by atoms with Gasteiger partial charge in [-0.3, -0.25) is 18.7 Å². The molecule has 7 nitrogen and oxygen atoms in total. The first kappa shape index (κ1) is 17.4. The van der Waals surface area contributed by atoms with Crippen LogP contribution in [0.4, 0.5) is 0 Å². The normalized spacial score (nSPS) is 10.8. The lowest BCUT2D eigenvalue weighted by molar-refractivity contribution is -0.164. The Hall–Kier alpha value is -0.990. The van der Waals surface area contributed by atoms with E-state index >= 15 is 0 Å². The van der Waals surface area contributed by atoms with Gasteiger partial charge in [-0.15, -0.1) is 0 Å². The smallest absolute Gasteiger partial charge is 0.393 e. The molecule has 0 saturated heterocycles. The molecule has 0 bridgehead atoms. The molecule has 8 heteroatoms. The topological polar surface area (TPSA) is 118 Å². The summed E-state index contributed by atoms with van der Waals surface area (Å²) in [6, 6.07) is 0. The van der Waals surface area contributed by atoms with Crippen LogP contribution in [0.1, 0.15) is 27.7 Å². The van der Waals surface area contributed by atoms with Gasteiger partial charge in [0.2, 0.25) is 0 Å². The van der Waals surface area contributed by atoms with Crippen molar-refractivity contribution < 1.29 is 31.8 Å². The van der Waals surface area contributed by atoms with Gasteiger partial charge < -0.3 is 4.74 Å².